The molecule has 2 unspecified atom stereocenters. The molecule has 96 valence electrons. The minimum absolute atomic E-state index is 0.0921. The summed E-state index contributed by atoms with van der Waals surface area (Å²) in [5.41, 5.74) is -1.41. The lowest BCUT2D eigenvalue weighted by Gasteiger charge is -2.37. The SMILES string of the molecule is OC1(c2sccc2Cl)CCCC(C(F)(F)F)C1. The molecule has 0 aromatic carbocycles. The topological polar surface area (TPSA) is 20.2 Å². The molecule has 6 heteroatoms. The summed E-state index contributed by atoms with van der Waals surface area (Å²) in [5, 5.41) is 12.4. The highest BCUT2D eigenvalue weighted by Crippen LogP contribution is 2.48. The van der Waals surface area contributed by atoms with E-state index in [0.29, 0.717) is 22.7 Å². The summed E-state index contributed by atoms with van der Waals surface area (Å²) in [6, 6.07) is 1.61. The van der Waals surface area contributed by atoms with E-state index in [1.165, 1.54) is 11.3 Å². The highest BCUT2D eigenvalue weighted by atomic mass is 35.5. The lowest BCUT2D eigenvalue weighted by atomic mass is 9.77. The zero-order chi connectivity index (χ0) is 12.7. The van der Waals surface area contributed by atoms with Gasteiger partial charge in [-0.25, -0.2) is 0 Å². The first-order chi connectivity index (χ1) is 7.83. The number of aliphatic hydroxyl groups is 1. The Kier molecular flexibility index (Phi) is 3.45. The molecule has 1 aromatic rings. The number of rotatable bonds is 1. The second kappa shape index (κ2) is 4.44. The molecular weight excluding hydrogens is 273 g/mol. The van der Waals surface area contributed by atoms with Crippen molar-refractivity contribution >= 4 is 22.9 Å². The number of hydrogen-bond acceptors (Lipinski definition) is 2. The third kappa shape index (κ3) is 2.61. The number of halogens is 4. The van der Waals surface area contributed by atoms with E-state index in [9.17, 15) is 18.3 Å². The normalized spacial score (nSPS) is 30.5. The molecule has 1 heterocycles. The number of hydrogen-bond donors (Lipinski definition) is 1. The molecule has 2 atom stereocenters. The average molecular weight is 285 g/mol. The zero-order valence-electron chi connectivity index (χ0n) is 8.93. The molecule has 0 bridgehead atoms. The average Bonchev–Trinajstić information content (AvgIpc) is 2.64. The molecule has 1 saturated carbocycles. The van der Waals surface area contributed by atoms with E-state index < -0.39 is 17.7 Å². The predicted octanol–water partition coefficient (Wildman–Crippen LogP) is 4.34. The molecule has 17 heavy (non-hydrogen) atoms. The molecule has 0 aliphatic heterocycles. The fourth-order valence-corrected chi connectivity index (χ4v) is 3.74. The van der Waals surface area contributed by atoms with Crippen molar-refractivity contribution in [1.82, 2.24) is 0 Å². The molecule has 1 aliphatic rings. The smallest absolute Gasteiger partial charge is 0.384 e. The first-order valence-corrected chi connectivity index (χ1v) is 6.61. The van der Waals surface area contributed by atoms with Gasteiger partial charge in [0.25, 0.3) is 0 Å². The van der Waals surface area contributed by atoms with Crippen LogP contribution in [0.3, 0.4) is 0 Å². The summed E-state index contributed by atoms with van der Waals surface area (Å²) in [7, 11) is 0. The monoisotopic (exact) mass is 284 g/mol. The highest BCUT2D eigenvalue weighted by molar-refractivity contribution is 7.10. The molecule has 2 rings (SSSR count). The Labute approximate surface area is 106 Å². The van der Waals surface area contributed by atoms with Gasteiger partial charge in [-0.1, -0.05) is 11.6 Å². The quantitative estimate of drug-likeness (QED) is 0.813. The Hall–Kier alpha value is -0.260. The largest absolute Gasteiger partial charge is 0.391 e. The van der Waals surface area contributed by atoms with Crippen LogP contribution in [0.1, 0.15) is 30.6 Å². The fourth-order valence-electron chi connectivity index (χ4n) is 2.36. The van der Waals surface area contributed by atoms with Crippen LogP contribution in [0.2, 0.25) is 5.02 Å². The van der Waals surface area contributed by atoms with E-state index in [0.717, 1.165) is 0 Å². The van der Waals surface area contributed by atoms with E-state index in [2.05, 4.69) is 0 Å². The molecule has 1 nitrogen and oxygen atoms in total. The first-order valence-electron chi connectivity index (χ1n) is 5.35. The number of alkyl halides is 3. The summed E-state index contributed by atoms with van der Waals surface area (Å²) in [4.78, 5) is 0.466. The van der Waals surface area contributed by atoms with E-state index in [-0.39, 0.29) is 12.8 Å². The maximum atomic E-state index is 12.7. The van der Waals surface area contributed by atoms with Crippen LogP contribution in [-0.4, -0.2) is 11.3 Å². The third-order valence-electron chi connectivity index (χ3n) is 3.23. The van der Waals surface area contributed by atoms with Crippen molar-refractivity contribution in [3.8, 4) is 0 Å². The minimum Gasteiger partial charge on any atom is -0.384 e. The van der Waals surface area contributed by atoms with Crippen molar-refractivity contribution in [2.24, 2.45) is 5.92 Å². The Morgan fingerprint density at radius 3 is 2.71 bits per heavy atom. The lowest BCUT2D eigenvalue weighted by molar-refractivity contribution is -0.201. The molecule has 1 aliphatic carbocycles. The third-order valence-corrected chi connectivity index (χ3v) is 4.76. The summed E-state index contributed by atoms with van der Waals surface area (Å²) < 4.78 is 38.1. The van der Waals surface area contributed by atoms with Gasteiger partial charge in [0.05, 0.1) is 15.8 Å². The van der Waals surface area contributed by atoms with Gasteiger partial charge in [0.1, 0.15) is 5.60 Å². The van der Waals surface area contributed by atoms with E-state index in [1.807, 2.05) is 0 Å². The first kappa shape index (κ1) is 13.2. The van der Waals surface area contributed by atoms with Crippen LogP contribution in [0.5, 0.6) is 0 Å². The predicted molar refractivity (Wildman–Crippen MR) is 61.2 cm³/mol. The Morgan fingerprint density at radius 1 is 1.47 bits per heavy atom. The number of thiophene rings is 1. The maximum Gasteiger partial charge on any atom is 0.391 e. The van der Waals surface area contributed by atoms with Crippen LogP contribution in [0.25, 0.3) is 0 Å². The standard InChI is InChI=1S/C11H12ClF3OS/c12-8-3-5-17-9(8)10(16)4-1-2-7(6-10)11(13,14)15/h3,5,7,16H,1-2,4,6H2. The second-order valence-electron chi connectivity index (χ2n) is 4.46. The van der Waals surface area contributed by atoms with Gasteiger partial charge in [0, 0.05) is 0 Å². The van der Waals surface area contributed by atoms with E-state index in [4.69, 9.17) is 11.6 Å². The molecule has 0 amide bonds. The molecule has 1 fully saturated rings. The van der Waals surface area contributed by atoms with Gasteiger partial charge in [-0.15, -0.1) is 11.3 Å². The van der Waals surface area contributed by atoms with E-state index in [1.54, 1.807) is 11.4 Å². The van der Waals surface area contributed by atoms with Crippen LogP contribution < -0.4 is 0 Å². The summed E-state index contributed by atoms with van der Waals surface area (Å²) in [6.07, 6.45) is -3.71. The summed E-state index contributed by atoms with van der Waals surface area (Å²) in [5.74, 6) is -1.43. The van der Waals surface area contributed by atoms with Crippen molar-refractivity contribution in [2.45, 2.75) is 37.5 Å². The van der Waals surface area contributed by atoms with Crippen LogP contribution >= 0.6 is 22.9 Å². The summed E-state index contributed by atoms with van der Waals surface area (Å²) >= 11 is 7.11. The van der Waals surface area contributed by atoms with E-state index >= 15 is 0 Å². The molecular formula is C11H12ClF3OS. The second-order valence-corrected chi connectivity index (χ2v) is 5.79. The van der Waals surface area contributed by atoms with Gasteiger partial charge >= 0.3 is 6.18 Å². The lowest BCUT2D eigenvalue weighted by Crippen LogP contribution is -2.38. The molecule has 0 saturated heterocycles. The van der Waals surface area contributed by atoms with Gasteiger partial charge in [0.2, 0.25) is 0 Å². The van der Waals surface area contributed by atoms with Gasteiger partial charge in [-0.3, -0.25) is 0 Å². The van der Waals surface area contributed by atoms with Crippen molar-refractivity contribution in [3.05, 3.63) is 21.3 Å². The van der Waals surface area contributed by atoms with Gasteiger partial charge in [-0.2, -0.15) is 13.2 Å². The molecule has 1 aromatic heterocycles. The maximum absolute atomic E-state index is 12.7. The van der Waals surface area contributed by atoms with Crippen LogP contribution in [0.15, 0.2) is 11.4 Å². The Balaban J connectivity index is 2.24. The summed E-state index contributed by atoms with van der Waals surface area (Å²) in [6.45, 7) is 0. The molecule has 0 spiro atoms. The van der Waals surface area contributed by atoms with Crippen LogP contribution in [0, 0.1) is 5.92 Å². The Bertz CT molecular complexity index is 404. The zero-order valence-corrected chi connectivity index (χ0v) is 10.5. The van der Waals surface area contributed by atoms with Crippen LogP contribution in [-0.2, 0) is 5.60 Å². The van der Waals surface area contributed by atoms with Crippen molar-refractivity contribution in [2.75, 3.05) is 0 Å². The minimum atomic E-state index is -4.24. The molecule has 0 radical (unpaired) electrons. The van der Waals surface area contributed by atoms with Crippen molar-refractivity contribution in [1.29, 1.82) is 0 Å². The van der Waals surface area contributed by atoms with Gasteiger partial charge in [0.15, 0.2) is 0 Å². The highest BCUT2D eigenvalue weighted by Gasteiger charge is 2.48. The molecule has 1 N–H and O–H groups in total. The van der Waals surface area contributed by atoms with Crippen molar-refractivity contribution < 1.29 is 18.3 Å². The van der Waals surface area contributed by atoms with Gasteiger partial charge in [-0.05, 0) is 37.1 Å². The van der Waals surface area contributed by atoms with Crippen molar-refractivity contribution in [3.63, 3.8) is 0 Å². The fraction of sp³-hybridized carbons (Fsp3) is 0.636. The van der Waals surface area contributed by atoms with Crippen LogP contribution in [0.4, 0.5) is 13.2 Å². The van der Waals surface area contributed by atoms with Gasteiger partial charge < -0.3 is 5.11 Å². The Morgan fingerprint density at radius 2 is 2.18 bits per heavy atom.